The Hall–Kier alpha value is -2.35. The van der Waals surface area contributed by atoms with Crippen LogP contribution in [0, 0.1) is 5.82 Å². The van der Waals surface area contributed by atoms with Crippen LogP contribution in [-0.4, -0.2) is 27.0 Å². The highest BCUT2D eigenvalue weighted by atomic mass is 32.1. The number of thiazole rings is 1. The summed E-state index contributed by atoms with van der Waals surface area (Å²) in [4.78, 5) is 29.5. The maximum atomic E-state index is 12.6. The van der Waals surface area contributed by atoms with Crippen molar-refractivity contribution in [3.8, 4) is 0 Å². The van der Waals surface area contributed by atoms with Gasteiger partial charge in [0.25, 0.3) is 5.91 Å². The second-order valence-corrected chi connectivity index (χ2v) is 4.02. The summed E-state index contributed by atoms with van der Waals surface area (Å²) in [5.41, 5.74) is -0.197. The number of hydrogen-bond donors (Lipinski definition) is 2. The molecule has 0 unspecified atom stereocenters. The van der Waals surface area contributed by atoms with Crippen LogP contribution in [0.1, 0.15) is 20.3 Å². The van der Waals surface area contributed by atoms with Crippen LogP contribution >= 0.6 is 11.3 Å². The Bertz CT molecular complexity index is 597. The molecule has 1 amide bonds. The fourth-order valence-electron chi connectivity index (χ4n) is 1.10. The van der Waals surface area contributed by atoms with Crippen molar-refractivity contribution in [3.05, 3.63) is 40.2 Å². The molecule has 0 saturated heterocycles. The molecule has 0 radical (unpaired) electrons. The number of rotatable bonds is 3. The molecule has 2 heterocycles. The lowest BCUT2D eigenvalue weighted by Crippen LogP contribution is -2.13. The number of carbonyl (C=O) groups excluding carboxylic acids is 1. The molecule has 0 bridgehead atoms. The number of pyridine rings is 1. The zero-order valence-corrected chi connectivity index (χ0v) is 9.57. The van der Waals surface area contributed by atoms with Gasteiger partial charge in [-0.05, 0) is 12.1 Å². The minimum absolute atomic E-state index is 0.00137. The van der Waals surface area contributed by atoms with Crippen LogP contribution in [0.15, 0.2) is 23.7 Å². The topological polar surface area (TPSA) is 92.2 Å². The van der Waals surface area contributed by atoms with Gasteiger partial charge >= 0.3 is 5.97 Å². The molecule has 0 atom stereocenters. The molecule has 8 heteroatoms. The van der Waals surface area contributed by atoms with Gasteiger partial charge in [-0.1, -0.05) is 0 Å². The molecule has 18 heavy (non-hydrogen) atoms. The van der Waals surface area contributed by atoms with Crippen molar-refractivity contribution < 1.29 is 19.1 Å². The van der Waals surface area contributed by atoms with E-state index in [-0.39, 0.29) is 16.5 Å². The van der Waals surface area contributed by atoms with Crippen molar-refractivity contribution in [1.82, 2.24) is 9.97 Å². The molecule has 0 aliphatic rings. The fourth-order valence-corrected chi connectivity index (χ4v) is 1.78. The number of carboxylic acid groups (broad SMARTS) is 1. The third kappa shape index (κ3) is 2.66. The van der Waals surface area contributed by atoms with Crippen molar-refractivity contribution in [2.45, 2.75) is 0 Å². The van der Waals surface area contributed by atoms with Gasteiger partial charge in [0.2, 0.25) is 0 Å². The maximum absolute atomic E-state index is 12.6. The molecule has 2 aromatic rings. The predicted octanol–water partition coefficient (Wildman–Crippen LogP) is 1.63. The van der Waals surface area contributed by atoms with E-state index in [1.165, 1.54) is 11.4 Å². The van der Waals surface area contributed by atoms with Gasteiger partial charge in [0.15, 0.2) is 10.7 Å². The number of aromatic nitrogens is 2. The Morgan fingerprint density at radius 2 is 2.17 bits per heavy atom. The van der Waals surface area contributed by atoms with E-state index < -0.39 is 17.7 Å². The Balaban J connectivity index is 2.11. The molecule has 0 saturated carbocycles. The number of nitrogens with zero attached hydrogens (tertiary/aromatic N) is 2. The third-order valence-corrected chi connectivity index (χ3v) is 2.73. The standard InChI is InChI=1S/C10H6FN3O3S/c11-5-1-2-7(12-3-5)14-8(15)9-13-6(4-18-9)10(16)17/h1-4H,(H,16,17)(H,12,14,15). The van der Waals surface area contributed by atoms with E-state index in [0.717, 1.165) is 23.6 Å². The first-order valence-corrected chi connectivity index (χ1v) is 5.56. The predicted molar refractivity (Wildman–Crippen MR) is 61.2 cm³/mol. The molecule has 0 fully saturated rings. The molecular weight excluding hydrogens is 261 g/mol. The van der Waals surface area contributed by atoms with E-state index in [4.69, 9.17) is 5.11 Å². The van der Waals surface area contributed by atoms with E-state index in [1.54, 1.807) is 0 Å². The summed E-state index contributed by atoms with van der Waals surface area (Å²) in [5, 5.41) is 12.3. The minimum Gasteiger partial charge on any atom is -0.476 e. The van der Waals surface area contributed by atoms with Crippen LogP contribution in [0.4, 0.5) is 10.2 Å². The van der Waals surface area contributed by atoms with Crippen molar-refractivity contribution >= 4 is 29.0 Å². The summed E-state index contributed by atoms with van der Waals surface area (Å²) < 4.78 is 12.6. The van der Waals surface area contributed by atoms with Crippen molar-refractivity contribution in [2.24, 2.45) is 0 Å². The Kier molecular flexibility index (Phi) is 3.28. The number of aromatic carboxylic acids is 1. The number of anilines is 1. The second kappa shape index (κ2) is 4.88. The highest BCUT2D eigenvalue weighted by Crippen LogP contribution is 2.12. The minimum atomic E-state index is -1.20. The summed E-state index contributed by atoms with van der Waals surface area (Å²) >= 11 is 0.903. The summed E-state index contributed by atoms with van der Waals surface area (Å²) in [6, 6.07) is 2.44. The van der Waals surface area contributed by atoms with Gasteiger partial charge in [-0.25, -0.2) is 19.2 Å². The van der Waals surface area contributed by atoms with Gasteiger partial charge in [0, 0.05) is 5.38 Å². The van der Waals surface area contributed by atoms with Gasteiger partial charge in [0.1, 0.15) is 11.6 Å². The zero-order chi connectivity index (χ0) is 13.1. The number of carboxylic acids is 1. The Labute approximate surface area is 104 Å². The van der Waals surface area contributed by atoms with E-state index >= 15 is 0 Å². The van der Waals surface area contributed by atoms with E-state index in [9.17, 15) is 14.0 Å². The number of amides is 1. The lowest BCUT2D eigenvalue weighted by Gasteiger charge is -2.00. The molecule has 6 nitrogen and oxygen atoms in total. The fraction of sp³-hybridized carbons (Fsp3) is 0. The maximum Gasteiger partial charge on any atom is 0.355 e. The average molecular weight is 267 g/mol. The third-order valence-electron chi connectivity index (χ3n) is 1.89. The molecule has 2 aromatic heterocycles. The molecular formula is C10H6FN3O3S. The van der Waals surface area contributed by atoms with Crippen LogP contribution in [-0.2, 0) is 0 Å². The Morgan fingerprint density at radius 1 is 1.39 bits per heavy atom. The highest BCUT2D eigenvalue weighted by molar-refractivity contribution is 7.12. The average Bonchev–Trinajstić information content (AvgIpc) is 2.81. The van der Waals surface area contributed by atoms with Crippen LogP contribution in [0.3, 0.4) is 0 Å². The molecule has 0 spiro atoms. The van der Waals surface area contributed by atoms with E-state index in [1.807, 2.05) is 0 Å². The van der Waals surface area contributed by atoms with Crippen molar-refractivity contribution in [1.29, 1.82) is 0 Å². The summed E-state index contributed by atoms with van der Waals surface area (Å²) in [7, 11) is 0. The second-order valence-electron chi connectivity index (χ2n) is 3.16. The van der Waals surface area contributed by atoms with Gasteiger partial charge < -0.3 is 10.4 Å². The number of halogens is 1. The first kappa shape index (κ1) is 12.1. The quantitative estimate of drug-likeness (QED) is 0.881. The SMILES string of the molecule is O=C(O)c1csc(C(=O)Nc2ccc(F)cn2)n1. The molecule has 0 aliphatic heterocycles. The largest absolute Gasteiger partial charge is 0.476 e. The van der Waals surface area contributed by atoms with Crippen LogP contribution in [0.25, 0.3) is 0 Å². The highest BCUT2D eigenvalue weighted by Gasteiger charge is 2.15. The van der Waals surface area contributed by atoms with Crippen LogP contribution in [0.5, 0.6) is 0 Å². The number of carbonyl (C=O) groups is 2. The van der Waals surface area contributed by atoms with Gasteiger partial charge in [0.05, 0.1) is 6.20 Å². The van der Waals surface area contributed by atoms with Gasteiger partial charge in [-0.15, -0.1) is 11.3 Å². The first-order valence-electron chi connectivity index (χ1n) is 4.68. The van der Waals surface area contributed by atoms with E-state index in [2.05, 4.69) is 15.3 Å². The summed E-state index contributed by atoms with van der Waals surface area (Å²) in [5.74, 6) is -2.15. The Morgan fingerprint density at radius 3 is 2.72 bits per heavy atom. The molecule has 2 rings (SSSR count). The van der Waals surface area contributed by atoms with Crippen LogP contribution < -0.4 is 5.32 Å². The summed E-state index contributed by atoms with van der Waals surface area (Å²) in [6.07, 6.45) is 0.958. The van der Waals surface area contributed by atoms with Crippen molar-refractivity contribution in [2.75, 3.05) is 5.32 Å². The molecule has 0 aliphatic carbocycles. The monoisotopic (exact) mass is 267 g/mol. The smallest absolute Gasteiger partial charge is 0.355 e. The zero-order valence-electron chi connectivity index (χ0n) is 8.75. The molecule has 92 valence electrons. The van der Waals surface area contributed by atoms with Gasteiger partial charge in [-0.3, -0.25) is 4.79 Å². The number of hydrogen-bond acceptors (Lipinski definition) is 5. The van der Waals surface area contributed by atoms with Gasteiger partial charge in [-0.2, -0.15) is 0 Å². The van der Waals surface area contributed by atoms with Crippen LogP contribution in [0.2, 0.25) is 0 Å². The lowest BCUT2D eigenvalue weighted by atomic mass is 10.4. The molecule has 2 N–H and O–H groups in total. The summed E-state index contributed by atoms with van der Waals surface area (Å²) in [6.45, 7) is 0. The van der Waals surface area contributed by atoms with E-state index in [0.29, 0.717) is 0 Å². The number of nitrogens with one attached hydrogen (secondary N) is 1. The lowest BCUT2D eigenvalue weighted by molar-refractivity contribution is 0.0691. The normalized spacial score (nSPS) is 10.1. The first-order chi connectivity index (χ1) is 8.56. The van der Waals surface area contributed by atoms with Crippen molar-refractivity contribution in [3.63, 3.8) is 0 Å². The molecule has 0 aromatic carbocycles.